The quantitative estimate of drug-likeness (QED) is 0.119. The summed E-state index contributed by atoms with van der Waals surface area (Å²) >= 11 is 0. The molecule has 9 heteroatoms. The van der Waals surface area contributed by atoms with E-state index in [-0.39, 0.29) is 29.4 Å². The molecule has 8 nitrogen and oxygen atoms in total. The summed E-state index contributed by atoms with van der Waals surface area (Å²) in [5, 5.41) is 3.17. The summed E-state index contributed by atoms with van der Waals surface area (Å²) in [6, 6.07) is 35.9. The van der Waals surface area contributed by atoms with Crippen LogP contribution in [-0.2, 0) is 20.6 Å². The maximum atomic E-state index is 13.9. The minimum atomic E-state index is -2.01. The molecule has 55 heavy (non-hydrogen) atoms. The van der Waals surface area contributed by atoms with Crippen LogP contribution >= 0.6 is 0 Å². The topological polar surface area (TPSA) is 103 Å². The van der Waals surface area contributed by atoms with Crippen LogP contribution in [0.2, 0.25) is 18.1 Å². The van der Waals surface area contributed by atoms with Gasteiger partial charge in [-0.15, -0.1) is 0 Å². The normalized spacial score (nSPS) is 17.4. The van der Waals surface area contributed by atoms with Gasteiger partial charge < -0.3 is 25.0 Å². The largest absolute Gasteiger partial charge is 0.457 e. The van der Waals surface area contributed by atoms with Crippen LogP contribution in [0.3, 0.4) is 0 Å². The smallest absolute Gasteiger partial charge is 0.410 e. The average Bonchev–Trinajstić information content (AvgIpc) is 3.79. The summed E-state index contributed by atoms with van der Waals surface area (Å²) in [6.07, 6.45) is 0.801. The summed E-state index contributed by atoms with van der Waals surface area (Å²) in [5.41, 5.74) is 16.4. The summed E-state index contributed by atoms with van der Waals surface area (Å²) in [7, 11) is -2.01. The zero-order valence-corrected chi connectivity index (χ0v) is 33.2. The van der Waals surface area contributed by atoms with E-state index < -0.39 is 20.5 Å². The summed E-state index contributed by atoms with van der Waals surface area (Å²) in [4.78, 5) is 29.0. The molecule has 0 bridgehead atoms. The number of nitrogens with one attached hydrogen (secondary N) is 1. The maximum absolute atomic E-state index is 13.9. The standard InChI is InChI=1S/C46H49N3O5Si/c1-46(2,3)55(4,5)53-27-29-13-6-7-14-32(29)43-37-22-20-30(47)25-41(37)54-42-26-31(21-23-38(42)43)48-44(50)40-19-12-24-49(40)45(51)52-28-39-35-17-10-8-15-33(35)34-16-9-11-18-36(34)39/h6-11,13-18,20-23,25-26,39-40,43H,12,19,24,27-28,47H2,1-5H3,(H,48,50)/t40-,43?/m0/s1. The van der Waals surface area contributed by atoms with Gasteiger partial charge in [0.25, 0.3) is 0 Å². The molecule has 1 saturated heterocycles. The third kappa shape index (κ3) is 6.91. The van der Waals surface area contributed by atoms with Gasteiger partial charge in [0, 0.05) is 53.0 Å². The monoisotopic (exact) mass is 751 g/mol. The molecule has 0 radical (unpaired) electrons. The van der Waals surface area contributed by atoms with Crippen LogP contribution in [0.4, 0.5) is 16.2 Å². The Morgan fingerprint density at radius 3 is 2.13 bits per heavy atom. The lowest BCUT2D eigenvalue weighted by atomic mass is 9.80. The van der Waals surface area contributed by atoms with Crippen molar-refractivity contribution < 1.29 is 23.5 Å². The summed E-state index contributed by atoms with van der Waals surface area (Å²) < 4.78 is 19.2. The van der Waals surface area contributed by atoms with Crippen molar-refractivity contribution in [3.63, 3.8) is 0 Å². The van der Waals surface area contributed by atoms with Gasteiger partial charge in [-0.3, -0.25) is 9.69 Å². The zero-order valence-electron chi connectivity index (χ0n) is 32.2. The van der Waals surface area contributed by atoms with Gasteiger partial charge in [0.1, 0.15) is 24.1 Å². The minimum absolute atomic E-state index is 0.0530. The van der Waals surface area contributed by atoms with E-state index >= 15 is 0 Å². The van der Waals surface area contributed by atoms with Crippen molar-refractivity contribution in [3.8, 4) is 22.6 Å². The highest BCUT2D eigenvalue weighted by molar-refractivity contribution is 6.74. The SMILES string of the molecule is CC(C)(C)[Si](C)(C)OCc1ccccc1C1c2ccc(N)cc2Oc2cc(NC(=O)[C@@H]3CCCN3C(=O)OCC3c4ccccc4-c4ccccc43)ccc21. The van der Waals surface area contributed by atoms with Gasteiger partial charge in [-0.1, -0.05) is 106 Å². The number of nitrogen functional groups attached to an aromatic ring is 1. The van der Waals surface area contributed by atoms with Gasteiger partial charge in [-0.25, -0.2) is 4.79 Å². The van der Waals surface area contributed by atoms with Gasteiger partial charge in [-0.05, 0) is 76.5 Å². The van der Waals surface area contributed by atoms with E-state index in [1.807, 2.05) is 60.7 Å². The predicted molar refractivity (Wildman–Crippen MR) is 220 cm³/mol. The van der Waals surface area contributed by atoms with Crippen LogP contribution in [0.15, 0.2) is 109 Å². The second-order valence-corrected chi connectivity index (χ2v) is 21.3. The van der Waals surface area contributed by atoms with Crippen molar-refractivity contribution in [2.45, 2.75) is 76.2 Å². The van der Waals surface area contributed by atoms with E-state index in [1.54, 1.807) is 4.90 Å². The minimum Gasteiger partial charge on any atom is -0.457 e. The number of ether oxygens (including phenoxy) is 2. The number of carbonyl (C=O) groups is 2. The number of rotatable bonds is 8. The fourth-order valence-corrected chi connectivity index (χ4v) is 8.97. The molecule has 3 aliphatic rings. The Bertz CT molecular complexity index is 2240. The highest BCUT2D eigenvalue weighted by Gasteiger charge is 2.39. The van der Waals surface area contributed by atoms with Gasteiger partial charge in [-0.2, -0.15) is 0 Å². The molecule has 5 aromatic carbocycles. The Kier molecular flexibility index (Phi) is 9.55. The number of amides is 2. The first-order chi connectivity index (χ1) is 26.4. The molecular formula is C46H49N3O5Si. The first-order valence-electron chi connectivity index (χ1n) is 19.2. The third-order valence-corrected chi connectivity index (χ3v) is 16.5. The first kappa shape index (κ1) is 36.6. The average molecular weight is 752 g/mol. The molecule has 2 heterocycles. The van der Waals surface area contributed by atoms with Crippen LogP contribution in [-0.4, -0.2) is 44.4 Å². The van der Waals surface area contributed by atoms with Crippen LogP contribution in [0, 0.1) is 0 Å². The van der Waals surface area contributed by atoms with Gasteiger partial charge in [0.05, 0.1) is 6.61 Å². The predicted octanol–water partition coefficient (Wildman–Crippen LogP) is 10.4. The van der Waals surface area contributed by atoms with Crippen molar-refractivity contribution in [2.75, 3.05) is 24.2 Å². The zero-order chi connectivity index (χ0) is 38.5. The Balaban J connectivity index is 1.01. The Labute approximate surface area is 324 Å². The second kappa shape index (κ2) is 14.4. The molecule has 0 spiro atoms. The van der Waals surface area contributed by atoms with Crippen molar-refractivity contribution in [1.29, 1.82) is 0 Å². The number of benzene rings is 5. The molecule has 2 atom stereocenters. The Morgan fingerprint density at radius 1 is 0.818 bits per heavy atom. The molecule has 0 aromatic heterocycles. The molecule has 1 aliphatic carbocycles. The van der Waals surface area contributed by atoms with E-state index in [9.17, 15) is 9.59 Å². The van der Waals surface area contributed by atoms with Crippen LogP contribution in [0.1, 0.15) is 78.8 Å². The maximum Gasteiger partial charge on any atom is 0.410 e. The van der Waals surface area contributed by atoms with Crippen LogP contribution < -0.4 is 15.8 Å². The number of likely N-dealkylation sites (tertiary alicyclic amines) is 1. The van der Waals surface area contributed by atoms with Gasteiger partial charge in [0.15, 0.2) is 8.32 Å². The fraction of sp³-hybridized carbons (Fsp3) is 0.304. The summed E-state index contributed by atoms with van der Waals surface area (Å²) in [5.74, 6) is 0.875. The van der Waals surface area contributed by atoms with Crippen molar-refractivity contribution >= 4 is 31.7 Å². The highest BCUT2D eigenvalue weighted by atomic mass is 28.4. The van der Waals surface area contributed by atoms with Crippen LogP contribution in [0.25, 0.3) is 11.1 Å². The molecule has 3 N–H and O–H groups in total. The van der Waals surface area contributed by atoms with E-state index in [1.165, 1.54) is 11.1 Å². The Hall–Kier alpha value is -5.38. The van der Waals surface area contributed by atoms with E-state index in [0.717, 1.165) is 33.4 Å². The lowest BCUT2D eigenvalue weighted by molar-refractivity contribution is -0.120. The van der Waals surface area contributed by atoms with E-state index in [2.05, 4.69) is 87.7 Å². The van der Waals surface area contributed by atoms with Crippen molar-refractivity contribution in [2.24, 2.45) is 0 Å². The number of nitrogens with two attached hydrogens (primary N) is 1. The molecule has 282 valence electrons. The number of hydrogen-bond donors (Lipinski definition) is 2. The summed E-state index contributed by atoms with van der Waals surface area (Å²) in [6.45, 7) is 12.5. The van der Waals surface area contributed by atoms with Crippen molar-refractivity contribution in [1.82, 2.24) is 4.90 Å². The second-order valence-electron chi connectivity index (χ2n) is 16.5. The Morgan fingerprint density at radius 2 is 1.44 bits per heavy atom. The fourth-order valence-electron chi connectivity index (χ4n) is 8.02. The van der Waals surface area contributed by atoms with E-state index in [4.69, 9.17) is 19.6 Å². The lowest BCUT2D eigenvalue weighted by Crippen LogP contribution is -2.43. The number of anilines is 2. The van der Waals surface area contributed by atoms with Crippen molar-refractivity contribution in [3.05, 3.63) is 143 Å². The highest BCUT2D eigenvalue weighted by Crippen LogP contribution is 2.50. The molecular weight excluding hydrogens is 703 g/mol. The molecule has 2 aliphatic heterocycles. The first-order valence-corrected chi connectivity index (χ1v) is 22.2. The third-order valence-electron chi connectivity index (χ3n) is 12.0. The van der Waals surface area contributed by atoms with E-state index in [0.29, 0.717) is 48.9 Å². The molecule has 1 unspecified atom stereocenters. The van der Waals surface area contributed by atoms with Crippen LogP contribution in [0.5, 0.6) is 11.5 Å². The lowest BCUT2D eigenvalue weighted by Gasteiger charge is -2.37. The van der Waals surface area contributed by atoms with Gasteiger partial charge in [0.2, 0.25) is 5.91 Å². The molecule has 1 fully saturated rings. The molecule has 2 amide bonds. The number of hydrogen-bond acceptors (Lipinski definition) is 6. The molecule has 0 saturated carbocycles. The number of carbonyl (C=O) groups excluding carboxylic acids is 2. The molecule has 8 rings (SSSR count). The number of nitrogens with zero attached hydrogens (tertiary/aromatic N) is 1. The van der Waals surface area contributed by atoms with Gasteiger partial charge >= 0.3 is 6.09 Å². The number of fused-ring (bicyclic) bond motifs is 5. The molecule has 5 aromatic rings.